The van der Waals surface area contributed by atoms with E-state index in [0.717, 1.165) is 24.2 Å². The summed E-state index contributed by atoms with van der Waals surface area (Å²) < 4.78 is 0. The zero-order chi connectivity index (χ0) is 12.4. The predicted molar refractivity (Wildman–Crippen MR) is 73.8 cm³/mol. The lowest BCUT2D eigenvalue weighted by atomic mass is 10.0. The third-order valence-electron chi connectivity index (χ3n) is 2.92. The van der Waals surface area contributed by atoms with Crippen molar-refractivity contribution in [2.45, 2.75) is 38.5 Å². The summed E-state index contributed by atoms with van der Waals surface area (Å²) in [6, 6.07) is 6.27. The number of aryl methyl sites for hydroxylation is 1. The van der Waals surface area contributed by atoms with Crippen LogP contribution in [0.15, 0.2) is 23.1 Å². The Kier molecular flexibility index (Phi) is 3.93. The van der Waals surface area contributed by atoms with Crippen LogP contribution < -0.4 is 0 Å². The van der Waals surface area contributed by atoms with Crippen molar-refractivity contribution in [1.29, 1.82) is 0 Å². The molecule has 1 saturated carbocycles. The Bertz CT molecular complexity index is 419. The zero-order valence-corrected chi connectivity index (χ0v) is 11.6. The molecule has 0 spiro atoms. The van der Waals surface area contributed by atoms with Gasteiger partial charge in [0.15, 0.2) is 5.78 Å². The molecule has 1 aliphatic rings. The number of ketones is 1. The number of hydrogen-bond donors (Lipinski definition) is 0. The molecular weight excluding hydrogens is 228 g/mol. The van der Waals surface area contributed by atoms with Crippen LogP contribution in [0.2, 0.25) is 0 Å². The van der Waals surface area contributed by atoms with E-state index in [1.165, 1.54) is 10.5 Å². The van der Waals surface area contributed by atoms with E-state index in [2.05, 4.69) is 39.0 Å². The van der Waals surface area contributed by atoms with Gasteiger partial charge in [-0.25, -0.2) is 0 Å². The van der Waals surface area contributed by atoms with Gasteiger partial charge in [0.25, 0.3) is 0 Å². The van der Waals surface area contributed by atoms with Crippen LogP contribution >= 0.6 is 11.8 Å². The highest BCUT2D eigenvalue weighted by molar-refractivity contribution is 7.99. The van der Waals surface area contributed by atoms with E-state index >= 15 is 0 Å². The first kappa shape index (κ1) is 12.7. The van der Waals surface area contributed by atoms with Crippen LogP contribution in [0.5, 0.6) is 0 Å². The number of thioether (sulfide) groups is 1. The molecule has 1 aromatic carbocycles. The van der Waals surface area contributed by atoms with Gasteiger partial charge in [-0.3, -0.25) is 4.79 Å². The molecule has 0 amide bonds. The fraction of sp³-hybridized carbons (Fsp3) is 0.533. The Labute approximate surface area is 108 Å². The summed E-state index contributed by atoms with van der Waals surface area (Å²) in [5.74, 6) is 2.41. The number of hydrogen-bond acceptors (Lipinski definition) is 2. The van der Waals surface area contributed by atoms with Crippen LogP contribution in [0.25, 0.3) is 0 Å². The standard InChI is InChI=1S/C15H20OS/c1-10(2)9-17-14-7-4-11(3)8-13(14)15(16)12-5-6-12/h4,7-8,10,12H,5-6,9H2,1-3H3. The van der Waals surface area contributed by atoms with Gasteiger partial charge >= 0.3 is 0 Å². The molecule has 0 aliphatic heterocycles. The van der Waals surface area contributed by atoms with Gasteiger partial charge in [-0.1, -0.05) is 25.5 Å². The molecule has 2 heteroatoms. The normalized spacial score (nSPS) is 15.3. The van der Waals surface area contributed by atoms with E-state index in [4.69, 9.17) is 0 Å². The molecule has 0 N–H and O–H groups in total. The molecule has 1 aliphatic carbocycles. The maximum Gasteiger partial charge on any atom is 0.167 e. The number of carbonyl (C=O) groups is 1. The summed E-state index contributed by atoms with van der Waals surface area (Å²) >= 11 is 1.82. The second-order valence-corrected chi connectivity index (χ2v) is 6.40. The van der Waals surface area contributed by atoms with Crippen molar-refractivity contribution >= 4 is 17.5 Å². The molecule has 92 valence electrons. The van der Waals surface area contributed by atoms with Crippen molar-refractivity contribution in [3.8, 4) is 0 Å². The summed E-state index contributed by atoms with van der Waals surface area (Å²) in [6.07, 6.45) is 2.17. The van der Waals surface area contributed by atoms with Crippen LogP contribution in [0, 0.1) is 18.8 Å². The van der Waals surface area contributed by atoms with E-state index in [1.807, 2.05) is 11.8 Å². The van der Waals surface area contributed by atoms with Gasteiger partial charge in [0.1, 0.15) is 0 Å². The second-order valence-electron chi connectivity index (χ2n) is 5.34. The fourth-order valence-electron chi connectivity index (χ4n) is 1.78. The first-order valence-electron chi connectivity index (χ1n) is 6.35. The van der Waals surface area contributed by atoms with Gasteiger partial charge in [-0.05, 0) is 37.8 Å². The molecule has 0 heterocycles. The third kappa shape index (κ3) is 3.35. The highest BCUT2D eigenvalue weighted by Crippen LogP contribution is 2.36. The quantitative estimate of drug-likeness (QED) is 0.569. The molecule has 17 heavy (non-hydrogen) atoms. The van der Waals surface area contributed by atoms with Crippen LogP contribution in [0.1, 0.15) is 42.6 Å². The van der Waals surface area contributed by atoms with Gasteiger partial charge in [0, 0.05) is 22.1 Å². The van der Waals surface area contributed by atoms with Gasteiger partial charge in [-0.2, -0.15) is 0 Å². The average Bonchev–Trinajstić information content (AvgIpc) is 3.10. The monoisotopic (exact) mass is 248 g/mol. The lowest BCUT2D eigenvalue weighted by Gasteiger charge is -2.10. The molecule has 1 fully saturated rings. The predicted octanol–water partition coefficient (Wildman–Crippen LogP) is 4.34. The number of carbonyl (C=O) groups excluding carboxylic acids is 1. The number of rotatable bonds is 5. The van der Waals surface area contributed by atoms with Crippen molar-refractivity contribution in [2.24, 2.45) is 11.8 Å². The van der Waals surface area contributed by atoms with E-state index in [-0.39, 0.29) is 0 Å². The molecule has 0 atom stereocenters. The Hall–Kier alpha value is -0.760. The SMILES string of the molecule is Cc1ccc(SCC(C)C)c(C(=O)C2CC2)c1. The van der Waals surface area contributed by atoms with Crippen LogP contribution in [-0.4, -0.2) is 11.5 Å². The van der Waals surface area contributed by atoms with Gasteiger partial charge in [0.2, 0.25) is 0 Å². The van der Waals surface area contributed by atoms with Crippen molar-refractivity contribution in [2.75, 3.05) is 5.75 Å². The Balaban J connectivity index is 2.20. The second kappa shape index (κ2) is 5.26. The maximum absolute atomic E-state index is 12.2. The number of Topliss-reactive ketones (excluding diaryl/α,β-unsaturated/α-hetero) is 1. The minimum atomic E-state index is 0.315. The molecule has 0 saturated heterocycles. The third-order valence-corrected chi connectivity index (χ3v) is 4.42. The van der Waals surface area contributed by atoms with Crippen molar-refractivity contribution < 1.29 is 4.79 Å². The van der Waals surface area contributed by atoms with Gasteiger partial charge < -0.3 is 0 Å². The zero-order valence-electron chi connectivity index (χ0n) is 10.8. The Morgan fingerprint density at radius 1 is 1.41 bits per heavy atom. The van der Waals surface area contributed by atoms with E-state index in [0.29, 0.717) is 17.6 Å². The molecular formula is C15H20OS. The largest absolute Gasteiger partial charge is 0.294 e. The molecule has 0 radical (unpaired) electrons. The molecule has 0 aromatic heterocycles. The molecule has 0 bridgehead atoms. The van der Waals surface area contributed by atoms with Crippen molar-refractivity contribution in [3.05, 3.63) is 29.3 Å². The smallest absolute Gasteiger partial charge is 0.167 e. The molecule has 1 nitrogen and oxygen atoms in total. The lowest BCUT2D eigenvalue weighted by molar-refractivity contribution is 0.0964. The summed E-state index contributed by atoms with van der Waals surface area (Å²) in [5.41, 5.74) is 2.14. The highest BCUT2D eigenvalue weighted by atomic mass is 32.2. The molecule has 2 rings (SSSR count). The van der Waals surface area contributed by atoms with Crippen molar-refractivity contribution in [3.63, 3.8) is 0 Å². The fourth-order valence-corrected chi connectivity index (χ4v) is 2.78. The lowest BCUT2D eigenvalue weighted by Crippen LogP contribution is -2.04. The van der Waals surface area contributed by atoms with Crippen LogP contribution in [-0.2, 0) is 0 Å². The first-order chi connectivity index (χ1) is 8.08. The summed E-state index contributed by atoms with van der Waals surface area (Å²) in [7, 11) is 0. The first-order valence-corrected chi connectivity index (χ1v) is 7.34. The summed E-state index contributed by atoms with van der Waals surface area (Å²) in [5, 5.41) is 0. The maximum atomic E-state index is 12.2. The van der Waals surface area contributed by atoms with E-state index in [9.17, 15) is 4.79 Å². The Morgan fingerprint density at radius 3 is 2.71 bits per heavy atom. The average molecular weight is 248 g/mol. The molecule has 0 unspecified atom stereocenters. The minimum Gasteiger partial charge on any atom is -0.294 e. The summed E-state index contributed by atoms with van der Waals surface area (Å²) in [4.78, 5) is 13.4. The highest BCUT2D eigenvalue weighted by Gasteiger charge is 2.31. The minimum absolute atomic E-state index is 0.315. The topological polar surface area (TPSA) is 17.1 Å². The van der Waals surface area contributed by atoms with Crippen molar-refractivity contribution in [1.82, 2.24) is 0 Å². The van der Waals surface area contributed by atoms with Gasteiger partial charge in [0.05, 0.1) is 0 Å². The van der Waals surface area contributed by atoms with Crippen LogP contribution in [0.4, 0.5) is 0 Å². The Morgan fingerprint density at radius 2 is 2.12 bits per heavy atom. The summed E-state index contributed by atoms with van der Waals surface area (Å²) in [6.45, 7) is 6.48. The van der Waals surface area contributed by atoms with Gasteiger partial charge in [-0.15, -0.1) is 11.8 Å². The van der Waals surface area contributed by atoms with E-state index < -0.39 is 0 Å². The molecule has 1 aromatic rings. The van der Waals surface area contributed by atoms with E-state index in [1.54, 1.807) is 0 Å². The number of benzene rings is 1. The van der Waals surface area contributed by atoms with Crippen LogP contribution in [0.3, 0.4) is 0 Å².